The second-order valence-corrected chi connectivity index (χ2v) is 4.26. The second kappa shape index (κ2) is 4.79. The molecular weight excluding hydrogens is 253 g/mol. The first-order valence-electron chi connectivity index (χ1n) is 5.64. The van der Waals surface area contributed by atoms with Crippen molar-refractivity contribution in [2.75, 3.05) is 19.1 Å². The van der Waals surface area contributed by atoms with E-state index in [-0.39, 0.29) is 12.0 Å². The van der Waals surface area contributed by atoms with E-state index in [0.29, 0.717) is 5.69 Å². The lowest BCUT2D eigenvalue weighted by Crippen LogP contribution is -2.30. The number of ketones is 1. The normalized spacial score (nSPS) is 18.9. The summed E-state index contributed by atoms with van der Waals surface area (Å²) in [5.41, 5.74) is 0.312. The number of rotatable bonds is 1. The third-order valence-electron chi connectivity index (χ3n) is 3.14. The number of carbonyl (C=O) groups is 3. The van der Waals surface area contributed by atoms with Crippen molar-refractivity contribution in [2.45, 2.75) is 6.42 Å². The van der Waals surface area contributed by atoms with Gasteiger partial charge in [0.05, 0.1) is 12.8 Å². The molecule has 0 N–H and O–H groups in total. The molecule has 2 rings (SSSR count). The van der Waals surface area contributed by atoms with Gasteiger partial charge in [0.2, 0.25) is 5.91 Å². The molecule has 0 radical (unpaired) electrons. The number of halogens is 1. The number of anilines is 1. The average Bonchev–Trinajstić information content (AvgIpc) is 2.49. The van der Waals surface area contributed by atoms with Gasteiger partial charge in [0, 0.05) is 19.0 Å². The fourth-order valence-corrected chi connectivity index (χ4v) is 2.06. The van der Waals surface area contributed by atoms with Gasteiger partial charge in [0.25, 0.3) is 0 Å². The van der Waals surface area contributed by atoms with Crippen LogP contribution in [0.15, 0.2) is 18.2 Å². The van der Waals surface area contributed by atoms with Crippen molar-refractivity contribution < 1.29 is 23.5 Å². The van der Waals surface area contributed by atoms with E-state index in [9.17, 15) is 18.8 Å². The largest absolute Gasteiger partial charge is 0.468 e. The summed E-state index contributed by atoms with van der Waals surface area (Å²) in [6.07, 6.45) is -0.279. The molecular formula is C13H12FNO4. The first-order valence-corrected chi connectivity index (χ1v) is 5.64. The van der Waals surface area contributed by atoms with Crippen LogP contribution in [-0.4, -0.2) is 31.8 Å². The van der Waals surface area contributed by atoms with Crippen molar-refractivity contribution in [1.82, 2.24) is 0 Å². The van der Waals surface area contributed by atoms with Gasteiger partial charge < -0.3 is 9.64 Å². The molecule has 5 nitrogen and oxygen atoms in total. The summed E-state index contributed by atoms with van der Waals surface area (Å²) in [6.45, 7) is 0. The fraction of sp³-hybridized carbons (Fsp3) is 0.308. The molecule has 19 heavy (non-hydrogen) atoms. The van der Waals surface area contributed by atoms with Crippen LogP contribution in [0.5, 0.6) is 0 Å². The predicted octanol–water partition coefficient (Wildman–Crippen LogP) is 1.16. The minimum Gasteiger partial charge on any atom is -0.468 e. The lowest BCUT2D eigenvalue weighted by atomic mass is 9.95. The van der Waals surface area contributed by atoms with Gasteiger partial charge in [-0.3, -0.25) is 14.4 Å². The van der Waals surface area contributed by atoms with E-state index >= 15 is 0 Å². The molecule has 0 saturated carbocycles. The van der Waals surface area contributed by atoms with Gasteiger partial charge in [-0.05, 0) is 18.2 Å². The Kier molecular flexibility index (Phi) is 3.33. The van der Waals surface area contributed by atoms with Crippen LogP contribution in [0.2, 0.25) is 0 Å². The minimum absolute atomic E-state index is 0.0174. The van der Waals surface area contributed by atoms with Crippen LogP contribution in [0.3, 0.4) is 0 Å². The van der Waals surface area contributed by atoms with Crippen molar-refractivity contribution in [1.29, 1.82) is 0 Å². The summed E-state index contributed by atoms with van der Waals surface area (Å²) in [5, 5.41) is 0. The quantitative estimate of drug-likeness (QED) is 0.564. The Labute approximate surface area is 109 Å². The molecule has 0 saturated heterocycles. The van der Waals surface area contributed by atoms with Crippen molar-refractivity contribution in [2.24, 2.45) is 5.92 Å². The van der Waals surface area contributed by atoms with Crippen molar-refractivity contribution in [3.05, 3.63) is 29.6 Å². The Morgan fingerprint density at radius 3 is 2.74 bits per heavy atom. The number of carbonyl (C=O) groups excluding carboxylic acids is 3. The number of hydrogen-bond acceptors (Lipinski definition) is 4. The predicted molar refractivity (Wildman–Crippen MR) is 64.3 cm³/mol. The highest BCUT2D eigenvalue weighted by Gasteiger charge is 2.37. The summed E-state index contributed by atoms with van der Waals surface area (Å²) in [5.74, 6) is -3.60. The van der Waals surface area contributed by atoms with Crippen LogP contribution in [0.4, 0.5) is 10.1 Å². The number of fused-ring (bicyclic) bond motifs is 1. The second-order valence-electron chi connectivity index (χ2n) is 4.26. The van der Waals surface area contributed by atoms with Gasteiger partial charge >= 0.3 is 5.97 Å². The Morgan fingerprint density at radius 1 is 1.42 bits per heavy atom. The van der Waals surface area contributed by atoms with Crippen molar-refractivity contribution in [3.63, 3.8) is 0 Å². The molecule has 0 fully saturated rings. The summed E-state index contributed by atoms with van der Waals surface area (Å²) in [6, 6.07) is 3.54. The number of benzene rings is 1. The van der Waals surface area contributed by atoms with E-state index in [1.807, 2.05) is 0 Å². The number of amides is 1. The highest BCUT2D eigenvalue weighted by molar-refractivity contribution is 6.17. The zero-order chi connectivity index (χ0) is 14.2. The maximum atomic E-state index is 13.3. The highest BCUT2D eigenvalue weighted by Crippen LogP contribution is 2.29. The van der Waals surface area contributed by atoms with Crippen LogP contribution >= 0.6 is 0 Å². The topological polar surface area (TPSA) is 63.7 Å². The van der Waals surface area contributed by atoms with Crippen molar-refractivity contribution >= 4 is 23.3 Å². The van der Waals surface area contributed by atoms with E-state index in [4.69, 9.17) is 0 Å². The lowest BCUT2D eigenvalue weighted by Gasteiger charge is -2.16. The van der Waals surface area contributed by atoms with E-state index in [1.54, 1.807) is 0 Å². The Hall–Kier alpha value is -2.24. The maximum absolute atomic E-state index is 13.3. The molecule has 1 heterocycles. The van der Waals surface area contributed by atoms with Crippen LogP contribution < -0.4 is 4.90 Å². The molecule has 100 valence electrons. The number of methoxy groups -OCH3 is 1. The number of hydrogen-bond donors (Lipinski definition) is 0. The zero-order valence-corrected chi connectivity index (χ0v) is 10.5. The first kappa shape index (κ1) is 13.2. The smallest absolute Gasteiger partial charge is 0.317 e. The molecule has 1 unspecified atom stereocenters. The van der Waals surface area contributed by atoms with Gasteiger partial charge in [-0.15, -0.1) is 0 Å². The molecule has 1 aromatic carbocycles. The van der Waals surface area contributed by atoms with Crippen LogP contribution in [0.25, 0.3) is 0 Å². The van der Waals surface area contributed by atoms with Gasteiger partial charge in [-0.25, -0.2) is 4.39 Å². The summed E-state index contributed by atoms with van der Waals surface area (Å²) in [7, 11) is 2.62. The minimum atomic E-state index is -1.22. The third kappa shape index (κ3) is 2.21. The molecule has 0 aromatic heterocycles. The molecule has 1 aliphatic rings. The van der Waals surface area contributed by atoms with Crippen molar-refractivity contribution in [3.8, 4) is 0 Å². The molecule has 1 amide bonds. The fourth-order valence-electron chi connectivity index (χ4n) is 2.06. The van der Waals surface area contributed by atoms with Crippen LogP contribution in [0.1, 0.15) is 16.8 Å². The van der Waals surface area contributed by atoms with Gasteiger partial charge in [0.15, 0.2) is 5.78 Å². The summed E-state index contributed by atoms with van der Waals surface area (Å²) >= 11 is 0. The summed E-state index contributed by atoms with van der Waals surface area (Å²) < 4.78 is 17.8. The first-order chi connectivity index (χ1) is 8.95. The standard InChI is InChI=1S/C13H12FNO4/c1-15-10-4-3-7(14)5-8(10)12(17)9(6-11(15)16)13(18)19-2/h3-5,9H,6H2,1-2H3. The molecule has 6 heteroatoms. The molecule has 0 aliphatic carbocycles. The number of Topliss-reactive ketones (excluding diaryl/α,β-unsaturated/α-hetero) is 1. The number of nitrogens with zero attached hydrogens (tertiary/aromatic N) is 1. The lowest BCUT2D eigenvalue weighted by molar-refractivity contribution is -0.145. The monoisotopic (exact) mass is 265 g/mol. The molecule has 1 aromatic rings. The van der Waals surface area contributed by atoms with Crippen LogP contribution in [0, 0.1) is 11.7 Å². The van der Waals surface area contributed by atoms with Gasteiger partial charge in [0.1, 0.15) is 11.7 Å². The van der Waals surface area contributed by atoms with E-state index in [1.165, 1.54) is 18.0 Å². The summed E-state index contributed by atoms with van der Waals surface area (Å²) in [4.78, 5) is 37.0. The Morgan fingerprint density at radius 2 is 2.11 bits per heavy atom. The van der Waals surface area contributed by atoms with Gasteiger partial charge in [-0.2, -0.15) is 0 Å². The van der Waals surface area contributed by atoms with Gasteiger partial charge in [-0.1, -0.05) is 0 Å². The molecule has 1 aliphatic heterocycles. The van der Waals surface area contributed by atoms with E-state index in [0.717, 1.165) is 19.2 Å². The van der Waals surface area contributed by atoms with E-state index < -0.39 is 29.4 Å². The Balaban J connectivity index is 2.57. The molecule has 0 spiro atoms. The van der Waals surface area contributed by atoms with Crippen LogP contribution in [-0.2, 0) is 14.3 Å². The Bertz CT molecular complexity index is 570. The average molecular weight is 265 g/mol. The number of esters is 1. The maximum Gasteiger partial charge on any atom is 0.317 e. The highest BCUT2D eigenvalue weighted by atomic mass is 19.1. The molecule has 1 atom stereocenters. The molecule has 0 bridgehead atoms. The SMILES string of the molecule is COC(=O)C1CC(=O)N(C)c2ccc(F)cc2C1=O. The zero-order valence-electron chi connectivity index (χ0n) is 10.5. The van der Waals surface area contributed by atoms with E-state index in [2.05, 4.69) is 4.74 Å². The third-order valence-corrected chi connectivity index (χ3v) is 3.14. The number of ether oxygens (including phenoxy) is 1.